The fourth-order valence-electron chi connectivity index (χ4n) is 1.09. The van der Waals surface area contributed by atoms with Gasteiger partial charge in [0.05, 0.1) is 19.1 Å². The molecule has 0 aromatic rings. The average molecular weight is 267 g/mol. The maximum Gasteiger partial charge on any atom is 0.313 e. The minimum absolute atomic E-state index is 0.0238. The van der Waals surface area contributed by atoms with Crippen LogP contribution in [0.3, 0.4) is 0 Å². The van der Waals surface area contributed by atoms with Gasteiger partial charge < -0.3 is 14.8 Å². The van der Waals surface area contributed by atoms with Crippen molar-refractivity contribution in [1.82, 2.24) is 5.32 Å². The Morgan fingerprint density at radius 2 is 1.94 bits per heavy atom. The highest BCUT2D eigenvalue weighted by Crippen LogP contribution is 2.15. The maximum absolute atomic E-state index is 11.7. The van der Waals surface area contributed by atoms with E-state index >= 15 is 0 Å². The van der Waals surface area contributed by atoms with Gasteiger partial charge in [-0.05, 0) is 13.8 Å². The number of hydrogen-bond acceptors (Lipinski definition) is 4. The molecule has 5 nitrogen and oxygen atoms in total. The van der Waals surface area contributed by atoms with Crippen molar-refractivity contribution >= 4 is 11.9 Å². The Balaban J connectivity index is 3.80. The molecule has 1 amide bonds. The van der Waals surface area contributed by atoms with E-state index in [1.807, 2.05) is 0 Å². The largest absolute Gasteiger partial charge is 0.469 e. The van der Waals surface area contributed by atoms with Crippen LogP contribution in [-0.2, 0) is 19.1 Å². The van der Waals surface area contributed by atoms with Crippen LogP contribution in [0.25, 0.3) is 0 Å². The van der Waals surface area contributed by atoms with Crippen LogP contribution in [0.15, 0.2) is 0 Å². The van der Waals surface area contributed by atoms with Crippen molar-refractivity contribution in [2.45, 2.75) is 26.7 Å². The first kappa shape index (κ1) is 16.8. The summed E-state index contributed by atoms with van der Waals surface area (Å²) in [4.78, 5) is 22.6. The normalized spacial score (nSPS) is 11.4. The summed E-state index contributed by atoms with van der Waals surface area (Å²) < 4.78 is 32.6. The fourth-order valence-corrected chi connectivity index (χ4v) is 1.09. The monoisotopic (exact) mass is 267 g/mol. The lowest BCUT2D eigenvalue weighted by molar-refractivity contribution is -0.150. The maximum atomic E-state index is 11.7. The molecule has 0 bridgehead atoms. The molecule has 0 aliphatic heterocycles. The smallest absolute Gasteiger partial charge is 0.313 e. The van der Waals surface area contributed by atoms with Gasteiger partial charge in [0.2, 0.25) is 5.91 Å². The number of rotatable bonds is 8. The molecule has 0 aromatic carbocycles. The molecule has 18 heavy (non-hydrogen) atoms. The first-order valence-electron chi connectivity index (χ1n) is 5.50. The van der Waals surface area contributed by atoms with Crippen LogP contribution in [0, 0.1) is 5.41 Å². The summed E-state index contributed by atoms with van der Waals surface area (Å²) in [6.07, 6.45) is -2.56. The van der Waals surface area contributed by atoms with Crippen molar-refractivity contribution < 1.29 is 27.8 Å². The average Bonchev–Trinajstić information content (AvgIpc) is 2.30. The molecule has 0 aromatic heterocycles. The highest BCUT2D eigenvalue weighted by Gasteiger charge is 2.28. The van der Waals surface area contributed by atoms with Gasteiger partial charge in [0, 0.05) is 13.0 Å². The van der Waals surface area contributed by atoms with Gasteiger partial charge in [-0.15, -0.1) is 0 Å². The van der Waals surface area contributed by atoms with Gasteiger partial charge in [-0.2, -0.15) is 0 Å². The van der Waals surface area contributed by atoms with Crippen molar-refractivity contribution in [3.8, 4) is 0 Å². The summed E-state index contributed by atoms with van der Waals surface area (Å²) in [5.41, 5.74) is -0.825. The topological polar surface area (TPSA) is 64.6 Å². The number of methoxy groups -OCH3 is 1. The van der Waals surface area contributed by atoms with Crippen molar-refractivity contribution in [3.63, 3.8) is 0 Å². The summed E-state index contributed by atoms with van der Waals surface area (Å²) >= 11 is 0. The summed E-state index contributed by atoms with van der Waals surface area (Å²) in [7, 11) is 1.27. The van der Waals surface area contributed by atoms with Crippen molar-refractivity contribution in [1.29, 1.82) is 0 Å². The Morgan fingerprint density at radius 1 is 1.33 bits per heavy atom. The molecule has 0 saturated heterocycles. The Hall–Kier alpha value is -1.24. The molecule has 0 aliphatic carbocycles. The first-order chi connectivity index (χ1) is 8.29. The van der Waals surface area contributed by atoms with Crippen LogP contribution < -0.4 is 5.32 Å². The molecule has 0 saturated carbocycles. The lowest BCUT2D eigenvalue weighted by Crippen LogP contribution is -2.39. The lowest BCUT2D eigenvalue weighted by Gasteiger charge is -2.21. The predicted molar refractivity (Wildman–Crippen MR) is 60.2 cm³/mol. The molecule has 0 fully saturated rings. The van der Waals surface area contributed by atoms with Gasteiger partial charge in [-0.1, -0.05) is 0 Å². The van der Waals surface area contributed by atoms with Gasteiger partial charge in [0.25, 0.3) is 6.43 Å². The van der Waals surface area contributed by atoms with E-state index in [1.54, 1.807) is 13.8 Å². The number of hydrogen-bond donors (Lipinski definition) is 1. The molecule has 0 radical (unpaired) electrons. The second-order valence-electron chi connectivity index (χ2n) is 4.37. The van der Waals surface area contributed by atoms with Crippen molar-refractivity contribution in [3.05, 3.63) is 0 Å². The van der Waals surface area contributed by atoms with E-state index < -0.39 is 24.4 Å². The molecule has 0 rings (SSSR count). The fraction of sp³-hybridized carbons (Fsp3) is 0.818. The van der Waals surface area contributed by atoms with E-state index in [0.29, 0.717) is 0 Å². The number of alkyl halides is 2. The number of carbonyl (C=O) groups excluding carboxylic acids is 2. The van der Waals surface area contributed by atoms with E-state index in [9.17, 15) is 18.4 Å². The van der Waals surface area contributed by atoms with Crippen LogP contribution in [0.2, 0.25) is 0 Å². The Morgan fingerprint density at radius 3 is 2.44 bits per heavy atom. The zero-order valence-electron chi connectivity index (χ0n) is 10.8. The van der Waals surface area contributed by atoms with E-state index in [1.165, 1.54) is 7.11 Å². The van der Waals surface area contributed by atoms with Crippen LogP contribution in [-0.4, -0.2) is 45.2 Å². The van der Waals surface area contributed by atoms with E-state index in [0.717, 1.165) is 0 Å². The summed E-state index contributed by atoms with van der Waals surface area (Å²) in [6.45, 7) is 2.63. The number of ether oxygens (including phenoxy) is 2. The lowest BCUT2D eigenvalue weighted by atomic mass is 9.94. The Bertz CT molecular complexity index is 282. The zero-order chi connectivity index (χ0) is 14.2. The second-order valence-corrected chi connectivity index (χ2v) is 4.37. The SMILES string of the molecule is COC(=O)C(C)(C)CNC(=O)CCOCC(F)F. The Labute approximate surface area is 105 Å². The number of esters is 1. The van der Waals surface area contributed by atoms with Crippen LogP contribution >= 0.6 is 0 Å². The van der Waals surface area contributed by atoms with Crippen LogP contribution in [0.1, 0.15) is 20.3 Å². The van der Waals surface area contributed by atoms with Gasteiger partial charge in [0.15, 0.2) is 0 Å². The molecular formula is C11H19F2NO4. The van der Waals surface area contributed by atoms with Crippen LogP contribution in [0.4, 0.5) is 8.78 Å². The highest BCUT2D eigenvalue weighted by atomic mass is 19.3. The minimum Gasteiger partial charge on any atom is -0.469 e. The van der Waals surface area contributed by atoms with E-state index in [-0.39, 0.29) is 25.5 Å². The van der Waals surface area contributed by atoms with Crippen molar-refractivity contribution in [2.75, 3.05) is 26.9 Å². The number of halogens is 2. The molecular weight excluding hydrogens is 248 g/mol. The third kappa shape index (κ3) is 7.16. The summed E-state index contributed by atoms with van der Waals surface area (Å²) in [6, 6.07) is 0. The quantitative estimate of drug-likeness (QED) is 0.526. The van der Waals surface area contributed by atoms with E-state index in [2.05, 4.69) is 14.8 Å². The third-order valence-corrected chi connectivity index (χ3v) is 2.18. The molecule has 1 N–H and O–H groups in total. The standard InChI is InChI=1S/C11H19F2NO4/c1-11(2,10(16)17-3)7-14-9(15)4-5-18-6-8(12)13/h8H,4-7H2,1-3H3,(H,14,15). The second kappa shape index (κ2) is 7.97. The van der Waals surface area contributed by atoms with Gasteiger partial charge >= 0.3 is 5.97 Å². The minimum atomic E-state index is -2.54. The summed E-state index contributed by atoms with van der Waals surface area (Å²) in [5.74, 6) is -0.794. The molecule has 0 unspecified atom stereocenters. The molecule has 0 aliphatic rings. The predicted octanol–water partition coefficient (Wildman–Crippen LogP) is 0.974. The number of amides is 1. The van der Waals surface area contributed by atoms with E-state index in [4.69, 9.17) is 0 Å². The first-order valence-corrected chi connectivity index (χ1v) is 5.50. The molecule has 0 spiro atoms. The zero-order valence-corrected chi connectivity index (χ0v) is 10.8. The van der Waals surface area contributed by atoms with Gasteiger partial charge in [-0.3, -0.25) is 9.59 Å². The van der Waals surface area contributed by atoms with Gasteiger partial charge in [0.1, 0.15) is 6.61 Å². The third-order valence-electron chi connectivity index (χ3n) is 2.18. The molecule has 7 heteroatoms. The number of nitrogens with one attached hydrogen (secondary N) is 1. The Kier molecular flexibility index (Phi) is 7.42. The molecule has 0 atom stereocenters. The molecule has 0 heterocycles. The summed E-state index contributed by atoms with van der Waals surface area (Å²) in [5, 5.41) is 2.52. The highest BCUT2D eigenvalue weighted by molar-refractivity contribution is 5.79. The van der Waals surface area contributed by atoms with Gasteiger partial charge in [-0.25, -0.2) is 8.78 Å². The van der Waals surface area contributed by atoms with Crippen LogP contribution in [0.5, 0.6) is 0 Å². The molecule has 106 valence electrons. The number of carbonyl (C=O) groups is 2. The van der Waals surface area contributed by atoms with Crippen molar-refractivity contribution in [2.24, 2.45) is 5.41 Å².